The Bertz CT molecular complexity index is 239. The van der Waals surface area contributed by atoms with Crippen LogP contribution in [0.4, 0.5) is 0 Å². The number of rotatable bonds is 4. The smallest absolute Gasteiger partial charge is 0.220 e. The van der Waals surface area contributed by atoms with Crippen LogP contribution in [0.3, 0.4) is 0 Å². The number of carbonyl (C=O) groups excluding carboxylic acids is 1. The molecule has 1 aliphatic rings. The summed E-state index contributed by atoms with van der Waals surface area (Å²) in [4.78, 5) is 11.5. The van der Waals surface area contributed by atoms with Crippen molar-refractivity contribution in [2.75, 3.05) is 0 Å². The van der Waals surface area contributed by atoms with E-state index in [-0.39, 0.29) is 29.5 Å². The third kappa shape index (κ3) is 2.92. The Morgan fingerprint density at radius 1 is 1.67 bits per heavy atom. The zero-order valence-corrected chi connectivity index (χ0v) is 9.79. The van der Waals surface area contributed by atoms with Crippen LogP contribution in [0.15, 0.2) is 0 Å². The molecule has 0 aromatic heterocycles. The quantitative estimate of drug-likeness (QED) is 0.633. The van der Waals surface area contributed by atoms with E-state index in [1.165, 1.54) is 0 Å². The normalized spacial score (nSPS) is 30.5. The van der Waals surface area contributed by atoms with Gasteiger partial charge in [0.2, 0.25) is 5.91 Å². The largest absolute Gasteiger partial charge is 0.392 e. The van der Waals surface area contributed by atoms with Crippen LogP contribution in [0, 0.1) is 5.41 Å². The maximum Gasteiger partial charge on any atom is 0.220 e. The van der Waals surface area contributed by atoms with Crippen molar-refractivity contribution in [1.82, 2.24) is 5.32 Å². The predicted octanol–water partition coefficient (Wildman–Crippen LogP) is 0.389. The van der Waals surface area contributed by atoms with E-state index in [1.807, 2.05) is 20.8 Å². The van der Waals surface area contributed by atoms with Crippen LogP contribution in [0.1, 0.15) is 40.0 Å². The first-order chi connectivity index (χ1) is 6.84. The summed E-state index contributed by atoms with van der Waals surface area (Å²) >= 11 is 0. The Morgan fingerprint density at radius 2 is 2.27 bits per heavy atom. The Morgan fingerprint density at radius 3 is 2.67 bits per heavy atom. The summed E-state index contributed by atoms with van der Waals surface area (Å²) < 4.78 is 0. The number of nitrogens with one attached hydrogen (secondary N) is 1. The molecule has 1 amide bonds. The molecule has 0 bridgehead atoms. The predicted molar refractivity (Wildman–Crippen MR) is 59.2 cm³/mol. The number of nitrogens with two attached hydrogens (primary N) is 1. The first kappa shape index (κ1) is 12.5. The molecule has 1 rings (SSSR count). The van der Waals surface area contributed by atoms with Crippen LogP contribution >= 0.6 is 0 Å². The average Bonchev–Trinajstić information content (AvgIpc) is 2.14. The summed E-state index contributed by atoms with van der Waals surface area (Å²) in [5, 5.41) is 12.4. The van der Waals surface area contributed by atoms with Gasteiger partial charge in [-0.05, 0) is 19.8 Å². The molecule has 3 atom stereocenters. The van der Waals surface area contributed by atoms with Gasteiger partial charge in [0.25, 0.3) is 0 Å². The number of aliphatic hydroxyl groups excluding tert-OH is 1. The maximum absolute atomic E-state index is 11.5. The molecule has 0 aromatic carbocycles. The number of hydrogen-bond acceptors (Lipinski definition) is 3. The molecular weight excluding hydrogens is 192 g/mol. The lowest BCUT2D eigenvalue weighted by molar-refractivity contribution is -0.129. The molecule has 4 heteroatoms. The van der Waals surface area contributed by atoms with Gasteiger partial charge in [0.05, 0.1) is 6.10 Å². The highest BCUT2D eigenvalue weighted by atomic mass is 16.3. The topological polar surface area (TPSA) is 75.4 Å². The molecule has 88 valence electrons. The van der Waals surface area contributed by atoms with Crippen LogP contribution in [0.2, 0.25) is 0 Å². The monoisotopic (exact) mass is 214 g/mol. The minimum absolute atomic E-state index is 0.0391. The van der Waals surface area contributed by atoms with E-state index in [9.17, 15) is 9.90 Å². The fourth-order valence-electron chi connectivity index (χ4n) is 1.77. The second kappa shape index (κ2) is 4.49. The molecule has 1 saturated carbocycles. The number of aliphatic hydroxyl groups is 1. The molecule has 0 aromatic rings. The van der Waals surface area contributed by atoms with Crippen LogP contribution in [-0.2, 0) is 4.79 Å². The highest BCUT2D eigenvalue weighted by molar-refractivity contribution is 5.76. The van der Waals surface area contributed by atoms with Gasteiger partial charge in [-0.3, -0.25) is 4.79 Å². The van der Waals surface area contributed by atoms with E-state index < -0.39 is 0 Å². The Labute approximate surface area is 91.2 Å². The van der Waals surface area contributed by atoms with Crippen molar-refractivity contribution in [2.24, 2.45) is 11.1 Å². The lowest BCUT2D eigenvalue weighted by Crippen LogP contribution is -2.61. The minimum Gasteiger partial charge on any atom is -0.392 e. The molecule has 4 N–H and O–H groups in total. The number of amides is 1. The molecule has 0 aliphatic heterocycles. The Kier molecular flexibility index (Phi) is 3.73. The fourth-order valence-corrected chi connectivity index (χ4v) is 1.77. The standard InChI is InChI=1S/C11H22N2O2/c1-7(12)4-5-10(15)13-8-6-9(14)11(8,2)3/h7-9,14H,4-6,12H2,1-3H3,(H,13,15). The first-order valence-corrected chi connectivity index (χ1v) is 5.57. The number of hydrogen-bond donors (Lipinski definition) is 3. The van der Waals surface area contributed by atoms with Gasteiger partial charge in [-0.2, -0.15) is 0 Å². The minimum atomic E-state index is -0.295. The van der Waals surface area contributed by atoms with Crippen molar-refractivity contribution in [3.8, 4) is 0 Å². The zero-order valence-electron chi connectivity index (χ0n) is 9.79. The SMILES string of the molecule is CC(N)CCC(=O)NC1CC(O)C1(C)C. The molecule has 0 radical (unpaired) electrons. The summed E-state index contributed by atoms with van der Waals surface area (Å²) in [6, 6.07) is 0.170. The molecule has 0 spiro atoms. The third-order valence-corrected chi connectivity index (χ3v) is 3.38. The van der Waals surface area contributed by atoms with Crippen molar-refractivity contribution in [2.45, 2.75) is 58.2 Å². The highest BCUT2D eigenvalue weighted by Gasteiger charge is 2.47. The van der Waals surface area contributed by atoms with Gasteiger partial charge in [0.1, 0.15) is 0 Å². The maximum atomic E-state index is 11.5. The summed E-state index contributed by atoms with van der Waals surface area (Å²) in [7, 11) is 0. The van der Waals surface area contributed by atoms with Crippen molar-refractivity contribution in [1.29, 1.82) is 0 Å². The van der Waals surface area contributed by atoms with Gasteiger partial charge in [0, 0.05) is 23.9 Å². The van der Waals surface area contributed by atoms with Crippen molar-refractivity contribution >= 4 is 5.91 Å². The third-order valence-electron chi connectivity index (χ3n) is 3.38. The van der Waals surface area contributed by atoms with Crippen molar-refractivity contribution in [3.05, 3.63) is 0 Å². The van der Waals surface area contributed by atoms with Gasteiger partial charge < -0.3 is 16.2 Å². The summed E-state index contributed by atoms with van der Waals surface area (Å²) in [5.41, 5.74) is 5.38. The van der Waals surface area contributed by atoms with Gasteiger partial charge in [0.15, 0.2) is 0 Å². The second-order valence-corrected chi connectivity index (χ2v) is 5.21. The van der Waals surface area contributed by atoms with Gasteiger partial charge in [-0.15, -0.1) is 0 Å². The zero-order chi connectivity index (χ0) is 11.6. The molecule has 3 unspecified atom stereocenters. The molecule has 0 saturated heterocycles. The Hall–Kier alpha value is -0.610. The second-order valence-electron chi connectivity index (χ2n) is 5.21. The van der Waals surface area contributed by atoms with E-state index in [0.29, 0.717) is 19.3 Å². The van der Waals surface area contributed by atoms with Crippen molar-refractivity contribution < 1.29 is 9.90 Å². The first-order valence-electron chi connectivity index (χ1n) is 5.57. The van der Waals surface area contributed by atoms with Gasteiger partial charge in [-0.1, -0.05) is 13.8 Å². The Balaban J connectivity index is 2.28. The van der Waals surface area contributed by atoms with Gasteiger partial charge >= 0.3 is 0 Å². The highest BCUT2D eigenvalue weighted by Crippen LogP contribution is 2.40. The fraction of sp³-hybridized carbons (Fsp3) is 0.909. The summed E-state index contributed by atoms with van der Waals surface area (Å²) in [5.74, 6) is 0.0391. The van der Waals surface area contributed by atoms with E-state index in [2.05, 4.69) is 5.32 Å². The molecule has 1 fully saturated rings. The molecule has 15 heavy (non-hydrogen) atoms. The van der Waals surface area contributed by atoms with Gasteiger partial charge in [-0.25, -0.2) is 0 Å². The molecular formula is C11H22N2O2. The molecule has 4 nitrogen and oxygen atoms in total. The van der Waals surface area contributed by atoms with E-state index in [1.54, 1.807) is 0 Å². The lowest BCUT2D eigenvalue weighted by atomic mass is 9.64. The van der Waals surface area contributed by atoms with Crippen LogP contribution in [-0.4, -0.2) is 29.2 Å². The number of carbonyl (C=O) groups is 1. The van der Waals surface area contributed by atoms with E-state index >= 15 is 0 Å². The van der Waals surface area contributed by atoms with Crippen LogP contribution in [0.5, 0.6) is 0 Å². The van der Waals surface area contributed by atoms with Crippen LogP contribution < -0.4 is 11.1 Å². The lowest BCUT2D eigenvalue weighted by Gasteiger charge is -2.49. The molecule has 0 heterocycles. The van der Waals surface area contributed by atoms with Crippen molar-refractivity contribution in [3.63, 3.8) is 0 Å². The summed E-state index contributed by atoms with van der Waals surface area (Å²) in [6.45, 7) is 5.83. The van der Waals surface area contributed by atoms with Crippen LogP contribution in [0.25, 0.3) is 0 Å². The van der Waals surface area contributed by atoms with E-state index in [0.717, 1.165) is 0 Å². The average molecular weight is 214 g/mol. The van der Waals surface area contributed by atoms with E-state index in [4.69, 9.17) is 5.73 Å². The summed E-state index contributed by atoms with van der Waals surface area (Å²) in [6.07, 6.45) is 1.55. The molecule has 1 aliphatic carbocycles.